The maximum Gasteiger partial charge on any atom is 0.124 e. The first kappa shape index (κ1) is 18.2. The summed E-state index contributed by atoms with van der Waals surface area (Å²) in [6, 6.07) is 5.72. The number of benzene rings is 1. The third-order valence-electron chi connectivity index (χ3n) is 4.72. The fourth-order valence-corrected chi connectivity index (χ4v) is 3.67. The van der Waals surface area contributed by atoms with Gasteiger partial charge in [-0.25, -0.2) is 0 Å². The molecule has 0 radical (unpaired) electrons. The molecule has 2 aliphatic heterocycles. The smallest absolute Gasteiger partial charge is 0.124 e. The summed E-state index contributed by atoms with van der Waals surface area (Å²) in [6.07, 6.45) is 0.816. The molecule has 1 aromatic carbocycles. The minimum atomic E-state index is -0.383. The van der Waals surface area contributed by atoms with E-state index < -0.39 is 0 Å². The highest BCUT2D eigenvalue weighted by molar-refractivity contribution is 6.33. The van der Waals surface area contributed by atoms with E-state index in [1.165, 1.54) is 0 Å². The summed E-state index contributed by atoms with van der Waals surface area (Å²) in [4.78, 5) is 0. The van der Waals surface area contributed by atoms with Crippen LogP contribution in [-0.4, -0.2) is 60.9 Å². The molecule has 1 saturated heterocycles. The second-order valence-electron chi connectivity index (χ2n) is 6.41. The Morgan fingerprint density at radius 3 is 2.96 bits per heavy atom. The molecule has 3 unspecified atom stereocenters. The van der Waals surface area contributed by atoms with Gasteiger partial charge in [-0.15, -0.1) is 0 Å². The Balaban J connectivity index is 1.88. The van der Waals surface area contributed by atoms with Crippen molar-refractivity contribution < 1.29 is 14.6 Å². The normalized spacial score (nSPS) is 25.0. The molecule has 0 aliphatic carbocycles. The first-order chi connectivity index (χ1) is 12.1. The van der Waals surface area contributed by atoms with E-state index in [2.05, 4.69) is 6.07 Å². The summed E-state index contributed by atoms with van der Waals surface area (Å²) < 4.78 is 11.2. The number of nitrogens with zero attached hydrogens (tertiary/aromatic N) is 3. The van der Waals surface area contributed by atoms with E-state index in [0.717, 1.165) is 23.3 Å². The van der Waals surface area contributed by atoms with Crippen molar-refractivity contribution in [3.05, 3.63) is 33.8 Å². The van der Waals surface area contributed by atoms with E-state index in [0.29, 0.717) is 36.8 Å². The number of aliphatic hydroxyl groups excluding tert-OH is 1. The molecule has 0 amide bonds. The van der Waals surface area contributed by atoms with Crippen LogP contribution in [0.5, 0.6) is 0 Å². The van der Waals surface area contributed by atoms with Crippen molar-refractivity contribution in [2.45, 2.75) is 38.0 Å². The van der Waals surface area contributed by atoms with E-state index in [1.54, 1.807) is 13.2 Å². The topological polar surface area (TPSA) is 78.1 Å². The summed E-state index contributed by atoms with van der Waals surface area (Å²) >= 11 is 6.33. The average Bonchev–Trinajstić information content (AvgIpc) is 3.10. The van der Waals surface area contributed by atoms with Gasteiger partial charge in [0.1, 0.15) is 12.2 Å². The van der Waals surface area contributed by atoms with Crippen molar-refractivity contribution in [1.82, 2.24) is 5.01 Å². The lowest BCUT2D eigenvalue weighted by molar-refractivity contribution is 0.0441. The number of hydrogen-bond donors (Lipinski definition) is 1. The molecule has 1 fully saturated rings. The number of nitriles is 1. The van der Waals surface area contributed by atoms with Gasteiger partial charge in [-0.2, -0.15) is 10.4 Å². The second kappa shape index (κ2) is 7.71. The number of hydrazone groups is 1. The monoisotopic (exact) mass is 363 g/mol. The molecule has 25 heavy (non-hydrogen) atoms. The summed E-state index contributed by atoms with van der Waals surface area (Å²) in [5.41, 5.74) is 2.99. The molecule has 0 bridgehead atoms. The Bertz CT molecular complexity index is 716. The maximum absolute atomic E-state index is 9.94. The average molecular weight is 364 g/mol. The van der Waals surface area contributed by atoms with Crippen molar-refractivity contribution in [3.8, 4) is 6.07 Å². The van der Waals surface area contributed by atoms with E-state index in [-0.39, 0.29) is 18.2 Å². The number of methoxy groups -OCH3 is 1. The molecule has 1 N–H and O–H groups in total. The number of ether oxygens (including phenoxy) is 2. The van der Waals surface area contributed by atoms with Crippen LogP contribution in [0, 0.1) is 18.3 Å². The fraction of sp³-hybridized carbons (Fsp3) is 0.556. The highest BCUT2D eigenvalue weighted by atomic mass is 35.5. The van der Waals surface area contributed by atoms with Crippen molar-refractivity contribution in [2.75, 3.05) is 26.9 Å². The Kier molecular flexibility index (Phi) is 5.60. The molecule has 0 aromatic heterocycles. The molecule has 3 atom stereocenters. The molecule has 1 aromatic rings. The van der Waals surface area contributed by atoms with Crippen LogP contribution in [-0.2, 0) is 9.47 Å². The standard InChI is InChI=1S/C18H22ClN3O3/c1-11-14(5-4-12(9-20)16(11)19)17-18(25-7-3-6-24-2)15-8-13(23)10-22(15)21-17/h4-5,13,15,18,23H,3,6-8,10H2,1-2H3. The van der Waals surface area contributed by atoms with Crippen LogP contribution >= 0.6 is 11.6 Å². The van der Waals surface area contributed by atoms with Crippen LogP contribution in [0.15, 0.2) is 17.2 Å². The van der Waals surface area contributed by atoms with Gasteiger partial charge >= 0.3 is 0 Å². The van der Waals surface area contributed by atoms with Crippen molar-refractivity contribution >= 4 is 17.3 Å². The highest BCUT2D eigenvalue weighted by Crippen LogP contribution is 2.34. The molecule has 3 rings (SSSR count). The molecule has 7 heteroatoms. The van der Waals surface area contributed by atoms with Gasteiger partial charge in [-0.1, -0.05) is 17.7 Å². The number of halogens is 1. The predicted molar refractivity (Wildman–Crippen MR) is 94.8 cm³/mol. The Hall–Kier alpha value is -1.65. The molecule has 6 nitrogen and oxygen atoms in total. The summed E-state index contributed by atoms with van der Waals surface area (Å²) in [6.45, 7) is 3.59. The van der Waals surface area contributed by atoms with Crippen LogP contribution in [0.2, 0.25) is 5.02 Å². The summed E-state index contributed by atoms with van der Waals surface area (Å²) in [5, 5.41) is 26.1. The van der Waals surface area contributed by atoms with Crippen LogP contribution < -0.4 is 0 Å². The minimum absolute atomic E-state index is 0.0290. The molecule has 2 heterocycles. The molecule has 2 aliphatic rings. The van der Waals surface area contributed by atoms with E-state index in [4.69, 9.17) is 31.4 Å². The van der Waals surface area contributed by atoms with Crippen LogP contribution in [0.3, 0.4) is 0 Å². The highest BCUT2D eigenvalue weighted by Gasteiger charge is 2.44. The molecule has 134 valence electrons. The molecular weight excluding hydrogens is 342 g/mol. The number of aliphatic hydroxyl groups is 1. The zero-order chi connectivity index (χ0) is 18.0. The molecule has 0 spiro atoms. The van der Waals surface area contributed by atoms with Gasteiger partial charge in [0.15, 0.2) is 0 Å². The lowest BCUT2D eigenvalue weighted by atomic mass is 9.94. The quantitative estimate of drug-likeness (QED) is 0.783. The van der Waals surface area contributed by atoms with Gasteiger partial charge in [0.25, 0.3) is 0 Å². The van der Waals surface area contributed by atoms with Crippen molar-refractivity contribution in [1.29, 1.82) is 5.26 Å². The van der Waals surface area contributed by atoms with Gasteiger partial charge in [-0.05, 0) is 25.0 Å². The van der Waals surface area contributed by atoms with E-state index in [9.17, 15) is 5.11 Å². The van der Waals surface area contributed by atoms with Crippen molar-refractivity contribution in [2.24, 2.45) is 5.10 Å². The second-order valence-corrected chi connectivity index (χ2v) is 6.79. The number of fused-ring (bicyclic) bond motifs is 1. The Morgan fingerprint density at radius 2 is 2.24 bits per heavy atom. The van der Waals surface area contributed by atoms with Gasteiger partial charge in [0, 0.05) is 32.3 Å². The summed E-state index contributed by atoms with van der Waals surface area (Å²) in [7, 11) is 1.67. The predicted octanol–water partition coefficient (Wildman–Crippen LogP) is 2.09. The lowest BCUT2D eigenvalue weighted by Gasteiger charge is -2.22. The van der Waals surface area contributed by atoms with Gasteiger partial charge in [0.2, 0.25) is 0 Å². The largest absolute Gasteiger partial charge is 0.391 e. The third-order valence-corrected chi connectivity index (χ3v) is 5.21. The minimum Gasteiger partial charge on any atom is -0.391 e. The van der Waals surface area contributed by atoms with Crippen molar-refractivity contribution in [3.63, 3.8) is 0 Å². The Labute approximate surface area is 152 Å². The van der Waals surface area contributed by atoms with Crippen LogP contribution in [0.4, 0.5) is 0 Å². The number of rotatable bonds is 6. The zero-order valence-electron chi connectivity index (χ0n) is 14.4. The maximum atomic E-state index is 9.94. The van der Waals surface area contributed by atoms with Crippen LogP contribution in [0.1, 0.15) is 29.5 Å². The fourth-order valence-electron chi connectivity index (χ4n) is 3.46. The first-order valence-electron chi connectivity index (χ1n) is 8.40. The zero-order valence-corrected chi connectivity index (χ0v) is 15.2. The lowest BCUT2D eigenvalue weighted by Crippen LogP contribution is -2.36. The van der Waals surface area contributed by atoms with Gasteiger partial charge in [-0.3, -0.25) is 5.01 Å². The van der Waals surface area contributed by atoms with Crippen LogP contribution in [0.25, 0.3) is 0 Å². The Morgan fingerprint density at radius 1 is 1.44 bits per heavy atom. The molecule has 0 saturated carbocycles. The van der Waals surface area contributed by atoms with Gasteiger partial charge < -0.3 is 14.6 Å². The third kappa shape index (κ3) is 3.51. The van der Waals surface area contributed by atoms with Gasteiger partial charge in [0.05, 0.1) is 35.0 Å². The first-order valence-corrected chi connectivity index (χ1v) is 8.78. The van der Waals surface area contributed by atoms with E-state index >= 15 is 0 Å². The SMILES string of the molecule is COCCCOC1C(c2ccc(C#N)c(Cl)c2C)=NN2CC(O)CC12. The van der Waals surface area contributed by atoms with E-state index in [1.807, 2.05) is 18.0 Å². The number of hydrogen-bond acceptors (Lipinski definition) is 6. The molecular formula is C18H22ClN3O3. The summed E-state index contributed by atoms with van der Waals surface area (Å²) in [5.74, 6) is 0.